The maximum absolute atomic E-state index is 12.3. The quantitative estimate of drug-likeness (QED) is 0.890. The van der Waals surface area contributed by atoms with Gasteiger partial charge in [0, 0.05) is 36.6 Å². The van der Waals surface area contributed by atoms with Crippen molar-refractivity contribution in [3.05, 3.63) is 36.7 Å². The van der Waals surface area contributed by atoms with Crippen LogP contribution in [0.2, 0.25) is 0 Å². The molecular weight excluding hydrogens is 264 g/mol. The molecule has 1 aromatic heterocycles. The fourth-order valence-electron chi connectivity index (χ4n) is 2.73. The van der Waals surface area contributed by atoms with E-state index in [0.717, 1.165) is 42.4 Å². The monoisotopic (exact) mass is 284 g/mol. The van der Waals surface area contributed by atoms with Crippen molar-refractivity contribution in [2.24, 2.45) is 0 Å². The van der Waals surface area contributed by atoms with E-state index >= 15 is 0 Å². The van der Waals surface area contributed by atoms with Crippen molar-refractivity contribution in [2.45, 2.75) is 18.9 Å². The zero-order valence-electron chi connectivity index (χ0n) is 12.2. The smallest absolute Gasteiger partial charge is 0.321 e. The van der Waals surface area contributed by atoms with Crippen molar-refractivity contribution in [2.75, 3.05) is 25.5 Å². The summed E-state index contributed by atoms with van der Waals surface area (Å²) in [5, 5.41) is 8.44. The third-order valence-electron chi connectivity index (χ3n) is 4.07. The van der Waals surface area contributed by atoms with Gasteiger partial charge >= 0.3 is 6.03 Å². The van der Waals surface area contributed by atoms with Crippen LogP contribution in [-0.4, -0.2) is 42.1 Å². The molecule has 110 valence electrons. The number of nitrogens with zero attached hydrogens (tertiary/aromatic N) is 2. The molecule has 1 aliphatic rings. The number of amides is 2. The fourth-order valence-corrected chi connectivity index (χ4v) is 2.73. The second-order valence-electron chi connectivity index (χ2n) is 5.46. The van der Waals surface area contributed by atoms with Gasteiger partial charge in [-0.2, -0.15) is 0 Å². The van der Waals surface area contributed by atoms with Crippen molar-refractivity contribution in [1.82, 2.24) is 15.2 Å². The Hall–Kier alpha value is -2.14. The van der Waals surface area contributed by atoms with Crippen LogP contribution in [0.4, 0.5) is 10.5 Å². The highest BCUT2D eigenvalue weighted by Crippen LogP contribution is 2.19. The number of carbonyl (C=O) groups is 1. The topological polar surface area (TPSA) is 57.3 Å². The number of urea groups is 1. The number of hydrogen-bond acceptors (Lipinski definition) is 3. The van der Waals surface area contributed by atoms with Crippen molar-refractivity contribution < 1.29 is 4.79 Å². The average Bonchev–Trinajstić information content (AvgIpc) is 2.55. The van der Waals surface area contributed by atoms with Crippen LogP contribution in [0.3, 0.4) is 0 Å². The Morgan fingerprint density at radius 3 is 2.90 bits per heavy atom. The summed E-state index contributed by atoms with van der Waals surface area (Å²) in [4.78, 5) is 18.2. The van der Waals surface area contributed by atoms with Crippen molar-refractivity contribution in [3.63, 3.8) is 0 Å². The van der Waals surface area contributed by atoms with Gasteiger partial charge in [0.25, 0.3) is 0 Å². The molecule has 2 heterocycles. The van der Waals surface area contributed by atoms with E-state index in [-0.39, 0.29) is 6.03 Å². The highest BCUT2D eigenvalue weighted by molar-refractivity contribution is 5.93. The van der Waals surface area contributed by atoms with E-state index in [9.17, 15) is 4.79 Å². The molecule has 21 heavy (non-hydrogen) atoms. The summed E-state index contributed by atoms with van der Waals surface area (Å²) in [5.74, 6) is 0. The lowest BCUT2D eigenvalue weighted by Gasteiger charge is -2.31. The number of piperidine rings is 1. The Kier molecular flexibility index (Phi) is 4.01. The zero-order chi connectivity index (χ0) is 14.7. The summed E-state index contributed by atoms with van der Waals surface area (Å²) >= 11 is 0. The summed E-state index contributed by atoms with van der Waals surface area (Å²) in [6.07, 6.45) is 5.60. The number of fused-ring (bicyclic) bond motifs is 1. The van der Waals surface area contributed by atoms with Crippen LogP contribution >= 0.6 is 0 Å². The number of nitrogens with one attached hydrogen (secondary N) is 2. The standard InChI is InChI=1S/C16H20N4O/c1-20(15-5-8-17-9-6-15)16(21)19-14-3-2-13-11-18-7-4-12(13)10-14/h2-4,7,10-11,15,17H,5-6,8-9H2,1H3,(H,19,21). The minimum Gasteiger partial charge on any atom is -0.325 e. The molecular formula is C16H20N4O. The number of carbonyl (C=O) groups excluding carboxylic acids is 1. The molecule has 5 nitrogen and oxygen atoms in total. The largest absolute Gasteiger partial charge is 0.325 e. The first-order chi connectivity index (χ1) is 10.2. The fraction of sp³-hybridized carbons (Fsp3) is 0.375. The molecule has 1 fully saturated rings. The molecule has 1 aliphatic heterocycles. The molecule has 0 unspecified atom stereocenters. The number of pyridine rings is 1. The molecule has 2 N–H and O–H groups in total. The third-order valence-corrected chi connectivity index (χ3v) is 4.07. The van der Waals surface area contributed by atoms with Gasteiger partial charge in [-0.1, -0.05) is 6.07 Å². The van der Waals surface area contributed by atoms with Crippen LogP contribution in [0.15, 0.2) is 36.7 Å². The number of aromatic nitrogens is 1. The van der Waals surface area contributed by atoms with Gasteiger partial charge in [0.2, 0.25) is 0 Å². The Bertz CT molecular complexity index is 637. The summed E-state index contributed by atoms with van der Waals surface area (Å²) in [6, 6.07) is 8.08. The minimum absolute atomic E-state index is 0.0460. The van der Waals surface area contributed by atoms with Gasteiger partial charge in [-0.15, -0.1) is 0 Å². The predicted molar refractivity (Wildman–Crippen MR) is 84.4 cm³/mol. The maximum atomic E-state index is 12.3. The minimum atomic E-state index is -0.0460. The molecule has 1 aromatic carbocycles. The van der Waals surface area contributed by atoms with Crippen LogP contribution < -0.4 is 10.6 Å². The maximum Gasteiger partial charge on any atom is 0.321 e. The van der Waals surface area contributed by atoms with Gasteiger partial charge in [0.15, 0.2) is 0 Å². The normalized spacial score (nSPS) is 15.9. The van der Waals surface area contributed by atoms with Crippen LogP contribution in [0.5, 0.6) is 0 Å². The van der Waals surface area contributed by atoms with Gasteiger partial charge in [-0.05, 0) is 49.5 Å². The number of benzene rings is 1. The molecule has 2 aromatic rings. The Morgan fingerprint density at radius 1 is 1.29 bits per heavy atom. The summed E-state index contributed by atoms with van der Waals surface area (Å²) < 4.78 is 0. The number of hydrogen-bond donors (Lipinski definition) is 2. The first-order valence-corrected chi connectivity index (χ1v) is 7.32. The Morgan fingerprint density at radius 2 is 2.10 bits per heavy atom. The van der Waals surface area contributed by atoms with E-state index in [1.807, 2.05) is 42.4 Å². The molecule has 5 heteroatoms. The molecule has 0 spiro atoms. The first-order valence-electron chi connectivity index (χ1n) is 7.32. The lowest BCUT2D eigenvalue weighted by Crippen LogP contribution is -2.45. The summed E-state index contributed by atoms with van der Waals surface area (Å²) in [7, 11) is 1.87. The van der Waals surface area contributed by atoms with E-state index in [2.05, 4.69) is 15.6 Å². The molecule has 1 saturated heterocycles. The summed E-state index contributed by atoms with van der Waals surface area (Å²) in [6.45, 7) is 1.95. The Balaban J connectivity index is 1.70. The van der Waals surface area contributed by atoms with E-state index in [1.165, 1.54) is 0 Å². The molecule has 0 saturated carbocycles. The van der Waals surface area contributed by atoms with Crippen LogP contribution in [0.1, 0.15) is 12.8 Å². The molecule has 0 bridgehead atoms. The highest BCUT2D eigenvalue weighted by atomic mass is 16.2. The highest BCUT2D eigenvalue weighted by Gasteiger charge is 2.21. The molecule has 2 amide bonds. The lowest BCUT2D eigenvalue weighted by molar-refractivity contribution is 0.189. The van der Waals surface area contributed by atoms with Crippen LogP contribution in [0, 0.1) is 0 Å². The van der Waals surface area contributed by atoms with E-state index < -0.39 is 0 Å². The summed E-state index contributed by atoms with van der Waals surface area (Å²) in [5.41, 5.74) is 0.819. The van der Waals surface area contributed by atoms with E-state index in [4.69, 9.17) is 0 Å². The number of rotatable bonds is 2. The lowest BCUT2D eigenvalue weighted by atomic mass is 10.1. The van der Waals surface area contributed by atoms with E-state index in [1.54, 1.807) is 6.20 Å². The van der Waals surface area contributed by atoms with Gasteiger partial charge in [-0.25, -0.2) is 4.79 Å². The molecule has 0 radical (unpaired) electrons. The zero-order valence-corrected chi connectivity index (χ0v) is 12.2. The van der Waals surface area contributed by atoms with Crippen molar-refractivity contribution in [1.29, 1.82) is 0 Å². The second kappa shape index (κ2) is 6.10. The number of anilines is 1. The average molecular weight is 284 g/mol. The van der Waals surface area contributed by atoms with Gasteiger partial charge in [0.1, 0.15) is 0 Å². The first kappa shape index (κ1) is 13.8. The SMILES string of the molecule is CN(C(=O)Nc1ccc2cnccc2c1)C1CCNCC1. The Labute approximate surface area is 124 Å². The second-order valence-corrected chi connectivity index (χ2v) is 5.46. The third kappa shape index (κ3) is 3.13. The van der Waals surface area contributed by atoms with Crippen molar-refractivity contribution in [3.8, 4) is 0 Å². The van der Waals surface area contributed by atoms with Gasteiger partial charge in [-0.3, -0.25) is 4.98 Å². The van der Waals surface area contributed by atoms with E-state index in [0.29, 0.717) is 6.04 Å². The van der Waals surface area contributed by atoms with Crippen molar-refractivity contribution >= 4 is 22.5 Å². The van der Waals surface area contributed by atoms with Crippen LogP contribution in [0.25, 0.3) is 10.8 Å². The van der Waals surface area contributed by atoms with Gasteiger partial charge in [0.05, 0.1) is 0 Å². The van der Waals surface area contributed by atoms with Crippen LogP contribution in [-0.2, 0) is 0 Å². The molecule has 0 atom stereocenters. The van der Waals surface area contributed by atoms with Gasteiger partial charge < -0.3 is 15.5 Å². The molecule has 3 rings (SSSR count). The predicted octanol–water partition coefficient (Wildman–Crippen LogP) is 2.45. The molecule has 0 aliphatic carbocycles.